The van der Waals surface area contributed by atoms with E-state index in [9.17, 15) is 9.18 Å². The third-order valence-electron chi connectivity index (χ3n) is 3.80. The van der Waals surface area contributed by atoms with Gasteiger partial charge in [-0.25, -0.2) is 4.39 Å². The van der Waals surface area contributed by atoms with E-state index in [0.29, 0.717) is 11.1 Å². The molecule has 5 heteroatoms. The Kier molecular flexibility index (Phi) is 3.93. The van der Waals surface area contributed by atoms with Crippen LogP contribution in [-0.2, 0) is 6.42 Å². The highest BCUT2D eigenvalue weighted by atomic mass is 19.1. The van der Waals surface area contributed by atoms with Gasteiger partial charge >= 0.3 is 0 Å². The van der Waals surface area contributed by atoms with E-state index in [1.807, 2.05) is 12.1 Å². The third kappa shape index (κ3) is 2.99. The molecule has 1 aliphatic carbocycles. The van der Waals surface area contributed by atoms with E-state index in [1.54, 1.807) is 30.3 Å². The van der Waals surface area contributed by atoms with Crippen molar-refractivity contribution in [3.63, 3.8) is 0 Å². The fourth-order valence-corrected chi connectivity index (χ4v) is 2.78. The Balaban J connectivity index is 2.09. The van der Waals surface area contributed by atoms with Crippen molar-refractivity contribution >= 4 is 17.4 Å². The van der Waals surface area contributed by atoms with Crippen molar-refractivity contribution in [3.8, 4) is 0 Å². The molecule has 0 heterocycles. The summed E-state index contributed by atoms with van der Waals surface area (Å²) in [6, 6.07) is 11.9. The standard InChI is InChI=1S/C18H16FN3O/c19-16-7-2-1-5-14(16)13-6-3-4-11-8-9-12(10-15(11)13)17(23)22-18(20)21/h1-2,5-10H,3-4H2,(H4,20,21,22,23). The maximum Gasteiger partial charge on any atom is 0.280 e. The summed E-state index contributed by atoms with van der Waals surface area (Å²) in [4.78, 5) is 15.6. The molecule has 116 valence electrons. The van der Waals surface area contributed by atoms with Gasteiger partial charge in [0.2, 0.25) is 0 Å². The van der Waals surface area contributed by atoms with Crippen LogP contribution in [0, 0.1) is 5.82 Å². The number of carbonyl (C=O) groups excluding carboxylic acids is 1. The third-order valence-corrected chi connectivity index (χ3v) is 3.80. The molecule has 0 radical (unpaired) electrons. The summed E-state index contributed by atoms with van der Waals surface area (Å²) in [6.45, 7) is 0. The van der Waals surface area contributed by atoms with Gasteiger partial charge in [0.15, 0.2) is 5.96 Å². The summed E-state index contributed by atoms with van der Waals surface area (Å²) in [7, 11) is 0. The summed E-state index contributed by atoms with van der Waals surface area (Å²) in [5.41, 5.74) is 14.1. The van der Waals surface area contributed by atoms with E-state index in [2.05, 4.69) is 4.99 Å². The van der Waals surface area contributed by atoms with E-state index in [-0.39, 0.29) is 11.8 Å². The number of rotatable bonds is 2. The minimum absolute atomic E-state index is 0.280. The fraction of sp³-hybridized carbons (Fsp3) is 0.111. The van der Waals surface area contributed by atoms with Crippen LogP contribution in [0.2, 0.25) is 0 Å². The van der Waals surface area contributed by atoms with Crippen molar-refractivity contribution < 1.29 is 9.18 Å². The monoisotopic (exact) mass is 309 g/mol. The van der Waals surface area contributed by atoms with Crippen molar-refractivity contribution in [2.24, 2.45) is 16.5 Å². The minimum Gasteiger partial charge on any atom is -0.370 e. The van der Waals surface area contributed by atoms with Gasteiger partial charge in [-0.2, -0.15) is 4.99 Å². The molecule has 0 bridgehead atoms. The molecule has 3 rings (SSSR count). The predicted octanol–water partition coefficient (Wildman–Crippen LogP) is 2.62. The fourth-order valence-electron chi connectivity index (χ4n) is 2.78. The zero-order valence-electron chi connectivity index (χ0n) is 12.4. The summed E-state index contributed by atoms with van der Waals surface area (Å²) in [5, 5.41) is 0. The lowest BCUT2D eigenvalue weighted by molar-refractivity contribution is 0.100. The summed E-state index contributed by atoms with van der Waals surface area (Å²) in [6.07, 6.45) is 3.68. The predicted molar refractivity (Wildman–Crippen MR) is 88.4 cm³/mol. The number of nitrogens with zero attached hydrogens (tertiary/aromatic N) is 1. The molecule has 0 saturated carbocycles. The lowest BCUT2D eigenvalue weighted by atomic mass is 9.85. The second-order valence-corrected chi connectivity index (χ2v) is 5.35. The lowest BCUT2D eigenvalue weighted by Crippen LogP contribution is -2.24. The molecule has 0 aliphatic heterocycles. The second kappa shape index (κ2) is 6.04. The maximum absolute atomic E-state index is 14.1. The Labute approximate surface area is 133 Å². The molecule has 1 amide bonds. The average molecular weight is 309 g/mol. The van der Waals surface area contributed by atoms with Crippen molar-refractivity contribution in [3.05, 3.63) is 76.6 Å². The van der Waals surface area contributed by atoms with Gasteiger partial charge in [0.25, 0.3) is 5.91 Å². The molecular formula is C18H16FN3O. The number of hydrogen-bond acceptors (Lipinski definition) is 1. The Bertz CT molecular complexity index is 836. The Morgan fingerprint density at radius 2 is 1.87 bits per heavy atom. The highest BCUT2D eigenvalue weighted by Crippen LogP contribution is 2.33. The Morgan fingerprint density at radius 3 is 2.61 bits per heavy atom. The van der Waals surface area contributed by atoms with Gasteiger partial charge < -0.3 is 11.5 Å². The first-order chi connectivity index (χ1) is 11.1. The molecular weight excluding hydrogens is 293 g/mol. The van der Waals surface area contributed by atoms with E-state index in [0.717, 1.165) is 29.5 Å². The molecule has 0 unspecified atom stereocenters. The van der Waals surface area contributed by atoms with E-state index >= 15 is 0 Å². The first kappa shape index (κ1) is 15.0. The van der Waals surface area contributed by atoms with E-state index in [1.165, 1.54) is 6.07 Å². The average Bonchev–Trinajstić information content (AvgIpc) is 2.54. The number of aliphatic imine (C=N–C) groups is 1. The van der Waals surface area contributed by atoms with Gasteiger partial charge in [0.05, 0.1) is 0 Å². The number of allylic oxidation sites excluding steroid dienone is 1. The van der Waals surface area contributed by atoms with E-state index < -0.39 is 5.91 Å². The van der Waals surface area contributed by atoms with Crippen LogP contribution in [0.3, 0.4) is 0 Å². The van der Waals surface area contributed by atoms with Gasteiger partial charge in [-0.15, -0.1) is 0 Å². The molecule has 0 spiro atoms. The highest BCUT2D eigenvalue weighted by molar-refractivity contribution is 6.02. The van der Waals surface area contributed by atoms with Gasteiger partial charge in [-0.3, -0.25) is 4.79 Å². The smallest absolute Gasteiger partial charge is 0.280 e. The number of fused-ring (bicyclic) bond motifs is 1. The van der Waals surface area contributed by atoms with Crippen LogP contribution in [0.4, 0.5) is 4.39 Å². The Morgan fingerprint density at radius 1 is 1.09 bits per heavy atom. The number of carbonyl (C=O) groups is 1. The van der Waals surface area contributed by atoms with Gasteiger partial charge in [-0.1, -0.05) is 30.3 Å². The largest absolute Gasteiger partial charge is 0.370 e. The van der Waals surface area contributed by atoms with E-state index in [4.69, 9.17) is 11.5 Å². The molecule has 0 saturated heterocycles. The molecule has 0 aromatic heterocycles. The van der Waals surface area contributed by atoms with Gasteiger partial charge in [-0.05, 0) is 47.7 Å². The normalized spacial score (nSPS) is 13.0. The molecule has 4 N–H and O–H groups in total. The lowest BCUT2D eigenvalue weighted by Gasteiger charge is -2.19. The van der Waals surface area contributed by atoms with Crippen molar-refractivity contribution in [1.29, 1.82) is 0 Å². The van der Waals surface area contributed by atoms with Crippen molar-refractivity contribution in [2.45, 2.75) is 12.8 Å². The molecule has 23 heavy (non-hydrogen) atoms. The van der Waals surface area contributed by atoms with Crippen LogP contribution in [0.5, 0.6) is 0 Å². The highest BCUT2D eigenvalue weighted by Gasteiger charge is 2.18. The van der Waals surface area contributed by atoms with Crippen molar-refractivity contribution in [2.75, 3.05) is 0 Å². The van der Waals surface area contributed by atoms with Crippen LogP contribution in [0.1, 0.15) is 33.5 Å². The summed E-state index contributed by atoms with van der Waals surface area (Å²) in [5.74, 6) is -1.07. The topological polar surface area (TPSA) is 81.5 Å². The molecule has 2 aromatic carbocycles. The first-order valence-corrected chi connectivity index (χ1v) is 7.28. The van der Waals surface area contributed by atoms with Crippen LogP contribution >= 0.6 is 0 Å². The first-order valence-electron chi connectivity index (χ1n) is 7.28. The zero-order valence-corrected chi connectivity index (χ0v) is 12.4. The number of benzene rings is 2. The number of amides is 1. The Hall–Kier alpha value is -2.95. The molecule has 2 aromatic rings. The molecule has 1 aliphatic rings. The number of halogens is 1. The molecule has 0 fully saturated rings. The van der Waals surface area contributed by atoms with Gasteiger partial charge in [0.1, 0.15) is 5.82 Å². The number of nitrogens with two attached hydrogens (primary N) is 2. The second-order valence-electron chi connectivity index (χ2n) is 5.35. The van der Waals surface area contributed by atoms with Crippen LogP contribution in [-0.4, -0.2) is 11.9 Å². The quantitative estimate of drug-likeness (QED) is 0.661. The number of guanidine groups is 1. The van der Waals surface area contributed by atoms with Crippen LogP contribution < -0.4 is 11.5 Å². The summed E-state index contributed by atoms with van der Waals surface area (Å²) >= 11 is 0. The molecule has 4 nitrogen and oxygen atoms in total. The number of aryl methyl sites for hydroxylation is 1. The molecule has 0 atom stereocenters. The van der Waals surface area contributed by atoms with Crippen LogP contribution in [0.15, 0.2) is 53.5 Å². The SMILES string of the molecule is NC(N)=NC(=O)c1ccc2c(c1)C(c1ccccc1F)=CCC2. The van der Waals surface area contributed by atoms with Crippen LogP contribution in [0.25, 0.3) is 5.57 Å². The number of hydrogen-bond donors (Lipinski definition) is 2. The maximum atomic E-state index is 14.1. The van der Waals surface area contributed by atoms with Crippen molar-refractivity contribution in [1.82, 2.24) is 0 Å². The minimum atomic E-state index is -0.508. The zero-order chi connectivity index (χ0) is 16.4. The van der Waals surface area contributed by atoms with Gasteiger partial charge in [0, 0.05) is 11.1 Å². The summed E-state index contributed by atoms with van der Waals surface area (Å²) < 4.78 is 14.1.